The van der Waals surface area contributed by atoms with Crippen molar-refractivity contribution >= 4 is 0 Å². The topological polar surface area (TPSA) is 23.5 Å². The second-order valence-electron chi connectivity index (χ2n) is 3.86. The molecule has 0 aliphatic rings. The predicted octanol–water partition coefficient (Wildman–Crippen LogP) is 2.93. The number of halogens is 1. The molecule has 0 radical (unpaired) electrons. The number of phenols is 1. The summed E-state index contributed by atoms with van der Waals surface area (Å²) in [6, 6.07) is 4.28. The molecule has 0 amide bonds. The number of benzene rings is 1. The summed E-state index contributed by atoms with van der Waals surface area (Å²) in [5.41, 5.74) is 0.771. The van der Waals surface area contributed by atoms with Crippen molar-refractivity contribution in [1.82, 2.24) is 4.90 Å². The SMILES string of the molecule is CCCN(C)C(C)c1ccc(F)cc1O. The minimum Gasteiger partial charge on any atom is -0.508 e. The largest absolute Gasteiger partial charge is 0.508 e. The van der Waals surface area contributed by atoms with Gasteiger partial charge in [0.1, 0.15) is 11.6 Å². The highest BCUT2D eigenvalue weighted by atomic mass is 19.1. The first-order valence-corrected chi connectivity index (χ1v) is 5.25. The maximum Gasteiger partial charge on any atom is 0.126 e. The first-order chi connectivity index (χ1) is 7.06. The normalized spacial score (nSPS) is 13.1. The summed E-state index contributed by atoms with van der Waals surface area (Å²) < 4.78 is 12.8. The van der Waals surface area contributed by atoms with Crippen molar-refractivity contribution in [2.75, 3.05) is 13.6 Å². The molecule has 1 unspecified atom stereocenters. The Morgan fingerprint density at radius 2 is 2.13 bits per heavy atom. The van der Waals surface area contributed by atoms with Gasteiger partial charge in [-0.1, -0.05) is 13.0 Å². The summed E-state index contributed by atoms with van der Waals surface area (Å²) in [5, 5.41) is 9.61. The van der Waals surface area contributed by atoms with Crippen LogP contribution >= 0.6 is 0 Å². The average Bonchev–Trinajstić information content (AvgIpc) is 2.17. The number of aromatic hydroxyl groups is 1. The number of nitrogens with zero attached hydrogens (tertiary/aromatic N) is 1. The van der Waals surface area contributed by atoms with Crippen molar-refractivity contribution in [3.63, 3.8) is 0 Å². The van der Waals surface area contributed by atoms with E-state index >= 15 is 0 Å². The van der Waals surface area contributed by atoms with Crippen molar-refractivity contribution in [2.24, 2.45) is 0 Å². The second kappa shape index (κ2) is 5.12. The van der Waals surface area contributed by atoms with Crippen molar-refractivity contribution in [2.45, 2.75) is 26.3 Å². The molecule has 0 saturated heterocycles. The van der Waals surface area contributed by atoms with Crippen molar-refractivity contribution in [3.05, 3.63) is 29.6 Å². The van der Waals surface area contributed by atoms with Gasteiger partial charge in [-0.05, 0) is 33.0 Å². The molecule has 0 spiro atoms. The molecule has 1 aromatic rings. The van der Waals surface area contributed by atoms with Gasteiger partial charge in [-0.3, -0.25) is 4.90 Å². The predicted molar refractivity (Wildman–Crippen MR) is 59.4 cm³/mol. The van der Waals surface area contributed by atoms with Crippen LogP contribution in [0.15, 0.2) is 18.2 Å². The molecule has 0 aromatic heterocycles. The Bertz CT molecular complexity index is 327. The Labute approximate surface area is 90.3 Å². The van der Waals surface area contributed by atoms with E-state index < -0.39 is 5.82 Å². The Hall–Kier alpha value is -1.09. The molecular formula is C12H18FNO. The van der Waals surface area contributed by atoms with Crippen LogP contribution in [0, 0.1) is 5.82 Å². The van der Waals surface area contributed by atoms with E-state index in [0.717, 1.165) is 24.6 Å². The molecule has 15 heavy (non-hydrogen) atoms. The van der Waals surface area contributed by atoms with E-state index in [9.17, 15) is 9.50 Å². The van der Waals surface area contributed by atoms with E-state index in [1.165, 1.54) is 6.07 Å². The lowest BCUT2D eigenvalue weighted by atomic mass is 10.1. The van der Waals surface area contributed by atoms with Gasteiger partial charge in [-0.15, -0.1) is 0 Å². The van der Waals surface area contributed by atoms with E-state index in [1.807, 2.05) is 14.0 Å². The summed E-state index contributed by atoms with van der Waals surface area (Å²) in [6.07, 6.45) is 1.06. The number of hydrogen-bond acceptors (Lipinski definition) is 2. The van der Waals surface area contributed by atoms with E-state index in [0.29, 0.717) is 0 Å². The molecular weight excluding hydrogens is 193 g/mol. The van der Waals surface area contributed by atoms with Crippen LogP contribution in [0.2, 0.25) is 0 Å². The molecule has 0 fully saturated rings. The molecule has 84 valence electrons. The van der Waals surface area contributed by atoms with Gasteiger partial charge in [0.2, 0.25) is 0 Å². The van der Waals surface area contributed by atoms with E-state index in [4.69, 9.17) is 0 Å². The van der Waals surface area contributed by atoms with Crippen molar-refractivity contribution in [1.29, 1.82) is 0 Å². The zero-order valence-corrected chi connectivity index (χ0v) is 9.50. The lowest BCUT2D eigenvalue weighted by molar-refractivity contribution is 0.256. The van der Waals surface area contributed by atoms with Crippen molar-refractivity contribution < 1.29 is 9.50 Å². The van der Waals surface area contributed by atoms with E-state index in [2.05, 4.69) is 11.8 Å². The third kappa shape index (κ3) is 2.93. The molecule has 1 rings (SSSR count). The van der Waals surface area contributed by atoms with Crippen LogP contribution in [0.3, 0.4) is 0 Å². The third-order valence-electron chi connectivity index (χ3n) is 2.68. The third-order valence-corrected chi connectivity index (χ3v) is 2.68. The number of hydrogen-bond donors (Lipinski definition) is 1. The van der Waals surface area contributed by atoms with Crippen LogP contribution in [0.5, 0.6) is 5.75 Å². The van der Waals surface area contributed by atoms with Gasteiger partial charge >= 0.3 is 0 Å². The molecule has 1 N–H and O–H groups in total. The van der Waals surface area contributed by atoms with E-state index in [-0.39, 0.29) is 11.8 Å². The van der Waals surface area contributed by atoms with Crippen LogP contribution in [0.4, 0.5) is 4.39 Å². The summed E-state index contributed by atoms with van der Waals surface area (Å²) in [7, 11) is 2.00. The molecule has 2 nitrogen and oxygen atoms in total. The summed E-state index contributed by atoms with van der Waals surface area (Å²) >= 11 is 0. The maximum absolute atomic E-state index is 12.8. The molecule has 0 heterocycles. The summed E-state index contributed by atoms with van der Waals surface area (Å²) in [4.78, 5) is 2.13. The lowest BCUT2D eigenvalue weighted by Crippen LogP contribution is -2.23. The fourth-order valence-electron chi connectivity index (χ4n) is 1.65. The Balaban J connectivity index is 2.86. The smallest absolute Gasteiger partial charge is 0.126 e. The fourth-order valence-corrected chi connectivity index (χ4v) is 1.65. The maximum atomic E-state index is 12.8. The highest BCUT2D eigenvalue weighted by Gasteiger charge is 2.14. The molecule has 0 aliphatic heterocycles. The van der Waals surface area contributed by atoms with Crippen LogP contribution in [0.1, 0.15) is 31.9 Å². The van der Waals surface area contributed by atoms with Crippen molar-refractivity contribution in [3.8, 4) is 5.75 Å². The Morgan fingerprint density at radius 1 is 1.47 bits per heavy atom. The zero-order valence-electron chi connectivity index (χ0n) is 9.50. The quantitative estimate of drug-likeness (QED) is 0.827. The zero-order chi connectivity index (χ0) is 11.4. The second-order valence-corrected chi connectivity index (χ2v) is 3.86. The number of rotatable bonds is 4. The first kappa shape index (κ1) is 12.0. The van der Waals surface area contributed by atoms with Crippen LogP contribution in [0.25, 0.3) is 0 Å². The Kier molecular flexibility index (Phi) is 4.09. The summed E-state index contributed by atoms with van der Waals surface area (Å²) in [6.45, 7) is 5.06. The number of phenolic OH excluding ortho intramolecular Hbond substituents is 1. The Morgan fingerprint density at radius 3 is 2.67 bits per heavy atom. The molecule has 1 atom stereocenters. The van der Waals surface area contributed by atoms with Crippen LogP contribution in [-0.2, 0) is 0 Å². The monoisotopic (exact) mass is 211 g/mol. The molecule has 0 bridgehead atoms. The molecule has 1 aromatic carbocycles. The molecule has 3 heteroatoms. The minimum absolute atomic E-state index is 0.0328. The van der Waals surface area contributed by atoms with Gasteiger partial charge in [0.25, 0.3) is 0 Å². The first-order valence-electron chi connectivity index (χ1n) is 5.25. The molecule has 0 saturated carbocycles. The van der Waals surface area contributed by atoms with Gasteiger partial charge in [-0.25, -0.2) is 4.39 Å². The van der Waals surface area contributed by atoms with Gasteiger partial charge in [0, 0.05) is 17.7 Å². The van der Waals surface area contributed by atoms with Crippen LogP contribution < -0.4 is 0 Å². The standard InChI is InChI=1S/C12H18FNO/c1-4-7-14(3)9(2)11-6-5-10(13)8-12(11)15/h5-6,8-9,15H,4,7H2,1-3H3. The van der Waals surface area contributed by atoms with Gasteiger partial charge in [-0.2, -0.15) is 0 Å². The van der Waals surface area contributed by atoms with E-state index in [1.54, 1.807) is 6.07 Å². The van der Waals surface area contributed by atoms with Gasteiger partial charge in [0.15, 0.2) is 0 Å². The lowest BCUT2D eigenvalue weighted by Gasteiger charge is -2.25. The molecule has 0 aliphatic carbocycles. The highest BCUT2D eigenvalue weighted by Crippen LogP contribution is 2.28. The fraction of sp³-hybridized carbons (Fsp3) is 0.500. The average molecular weight is 211 g/mol. The van der Waals surface area contributed by atoms with Gasteiger partial charge in [0.05, 0.1) is 0 Å². The highest BCUT2D eigenvalue weighted by molar-refractivity contribution is 5.34. The van der Waals surface area contributed by atoms with Gasteiger partial charge < -0.3 is 5.11 Å². The minimum atomic E-state index is -0.401. The summed E-state index contributed by atoms with van der Waals surface area (Å²) in [5.74, 6) is -0.368. The van der Waals surface area contributed by atoms with Crippen LogP contribution in [-0.4, -0.2) is 23.6 Å².